The van der Waals surface area contributed by atoms with Gasteiger partial charge in [-0.2, -0.15) is 0 Å². The van der Waals surface area contributed by atoms with Crippen LogP contribution in [0, 0.1) is 5.92 Å². The number of nitrogens with one attached hydrogen (secondary N) is 2. The summed E-state index contributed by atoms with van der Waals surface area (Å²) < 4.78 is 0. The maximum atomic E-state index is 13.6. The van der Waals surface area contributed by atoms with Gasteiger partial charge < -0.3 is 20.1 Å². The Morgan fingerprint density at radius 3 is 3.00 bits per heavy atom. The second-order valence-corrected chi connectivity index (χ2v) is 9.25. The van der Waals surface area contributed by atoms with Gasteiger partial charge in [-0.05, 0) is 49.4 Å². The standard InChI is InChI=1S/C24H29ClN6O/c1-2-4-20(29-18-6-3-5-17(25)13-18)24(32)30-11-8-16-9-12-31(21(16)14-30)23-19-7-10-26-22(19)27-15-28-23/h3,5-7,10,13,15-16,20-21,29H,2,4,8-9,11-12,14H2,1H3,(H,26,27,28). The number of likely N-dealkylation sites (tertiary alicyclic amines) is 1. The lowest BCUT2D eigenvalue weighted by Crippen LogP contribution is -2.53. The molecule has 2 aliphatic heterocycles. The number of carbonyl (C=O) groups excluding carboxylic acids is 1. The zero-order valence-corrected chi connectivity index (χ0v) is 19.1. The van der Waals surface area contributed by atoms with E-state index in [1.54, 1.807) is 6.33 Å². The summed E-state index contributed by atoms with van der Waals surface area (Å²) in [7, 11) is 0. The number of aromatic nitrogens is 3. The zero-order valence-electron chi connectivity index (χ0n) is 18.3. The monoisotopic (exact) mass is 452 g/mol. The van der Waals surface area contributed by atoms with Crippen molar-refractivity contribution in [3.63, 3.8) is 0 Å². The van der Waals surface area contributed by atoms with Crippen LogP contribution in [0.2, 0.25) is 5.02 Å². The van der Waals surface area contributed by atoms with E-state index in [0.717, 1.165) is 67.9 Å². The number of H-pyrrole nitrogens is 1. The van der Waals surface area contributed by atoms with Crippen molar-refractivity contribution in [2.75, 3.05) is 29.9 Å². The molecule has 4 heterocycles. The number of amides is 1. The van der Waals surface area contributed by atoms with Gasteiger partial charge in [0.25, 0.3) is 0 Å². The highest BCUT2D eigenvalue weighted by Crippen LogP contribution is 2.37. The van der Waals surface area contributed by atoms with E-state index in [0.29, 0.717) is 10.9 Å². The molecule has 32 heavy (non-hydrogen) atoms. The number of fused-ring (bicyclic) bond motifs is 2. The maximum absolute atomic E-state index is 13.6. The fourth-order valence-corrected chi connectivity index (χ4v) is 5.43. The number of halogens is 1. The van der Waals surface area contributed by atoms with Crippen LogP contribution in [0.25, 0.3) is 11.0 Å². The number of benzene rings is 1. The van der Waals surface area contributed by atoms with Crippen LogP contribution < -0.4 is 10.2 Å². The molecule has 0 aliphatic carbocycles. The number of aromatic amines is 1. The average molecular weight is 453 g/mol. The Kier molecular flexibility index (Phi) is 5.91. The third-order valence-electron chi connectivity index (χ3n) is 6.82. The third kappa shape index (κ3) is 4.01. The molecule has 8 heteroatoms. The zero-order chi connectivity index (χ0) is 22.1. The molecule has 2 N–H and O–H groups in total. The molecule has 0 saturated carbocycles. The van der Waals surface area contributed by atoms with Crippen molar-refractivity contribution in [3.8, 4) is 0 Å². The second kappa shape index (κ2) is 8.98. The number of hydrogen-bond donors (Lipinski definition) is 2. The molecular formula is C24H29ClN6O. The van der Waals surface area contributed by atoms with Crippen LogP contribution in [0.5, 0.6) is 0 Å². The van der Waals surface area contributed by atoms with Gasteiger partial charge in [0.2, 0.25) is 5.91 Å². The van der Waals surface area contributed by atoms with E-state index in [2.05, 4.69) is 32.1 Å². The third-order valence-corrected chi connectivity index (χ3v) is 7.06. The first-order valence-corrected chi connectivity index (χ1v) is 11.9. The van der Waals surface area contributed by atoms with Crippen molar-refractivity contribution in [2.24, 2.45) is 5.92 Å². The average Bonchev–Trinajstić information content (AvgIpc) is 3.45. The summed E-state index contributed by atoms with van der Waals surface area (Å²) in [6, 6.07) is 9.66. The molecule has 2 aliphatic rings. The van der Waals surface area contributed by atoms with Crippen LogP contribution in [0.1, 0.15) is 32.6 Å². The molecule has 0 spiro atoms. The summed E-state index contributed by atoms with van der Waals surface area (Å²) in [6.45, 7) is 4.63. The summed E-state index contributed by atoms with van der Waals surface area (Å²) in [5.41, 5.74) is 1.74. The number of piperidine rings is 1. The van der Waals surface area contributed by atoms with Gasteiger partial charge in [-0.3, -0.25) is 4.79 Å². The summed E-state index contributed by atoms with van der Waals surface area (Å²) in [5, 5.41) is 5.14. The molecule has 2 aromatic heterocycles. The number of hydrogen-bond acceptors (Lipinski definition) is 5. The van der Waals surface area contributed by atoms with Crippen LogP contribution in [0.4, 0.5) is 11.5 Å². The number of nitrogens with zero attached hydrogens (tertiary/aromatic N) is 4. The Morgan fingerprint density at radius 2 is 2.16 bits per heavy atom. The van der Waals surface area contributed by atoms with Gasteiger partial charge in [-0.25, -0.2) is 9.97 Å². The predicted octanol–water partition coefficient (Wildman–Crippen LogP) is 4.32. The Hall–Kier alpha value is -2.80. The molecule has 7 nitrogen and oxygen atoms in total. The van der Waals surface area contributed by atoms with Gasteiger partial charge >= 0.3 is 0 Å². The Morgan fingerprint density at radius 1 is 1.28 bits per heavy atom. The van der Waals surface area contributed by atoms with E-state index in [4.69, 9.17) is 11.6 Å². The largest absolute Gasteiger partial charge is 0.374 e. The normalized spacial score (nSPS) is 21.6. The first kappa shape index (κ1) is 21.1. The fourth-order valence-electron chi connectivity index (χ4n) is 5.24. The predicted molar refractivity (Wildman–Crippen MR) is 128 cm³/mol. The van der Waals surface area contributed by atoms with Crippen molar-refractivity contribution in [1.29, 1.82) is 0 Å². The van der Waals surface area contributed by atoms with Gasteiger partial charge in [-0.1, -0.05) is 31.0 Å². The van der Waals surface area contributed by atoms with Crippen LogP contribution in [0.3, 0.4) is 0 Å². The van der Waals surface area contributed by atoms with Gasteiger partial charge in [-0.15, -0.1) is 0 Å². The summed E-state index contributed by atoms with van der Waals surface area (Å²) >= 11 is 6.15. The lowest BCUT2D eigenvalue weighted by atomic mass is 9.91. The second-order valence-electron chi connectivity index (χ2n) is 8.82. The first-order valence-electron chi connectivity index (χ1n) is 11.5. The molecule has 2 saturated heterocycles. The molecular weight excluding hydrogens is 424 g/mol. The van der Waals surface area contributed by atoms with E-state index in [-0.39, 0.29) is 18.0 Å². The molecule has 0 bridgehead atoms. The molecule has 2 fully saturated rings. The molecule has 3 aromatic rings. The molecule has 1 amide bonds. The van der Waals surface area contributed by atoms with E-state index in [1.165, 1.54) is 0 Å². The van der Waals surface area contributed by atoms with E-state index >= 15 is 0 Å². The van der Waals surface area contributed by atoms with Crippen molar-refractivity contribution in [3.05, 3.63) is 47.9 Å². The molecule has 168 valence electrons. The Labute approximate surface area is 193 Å². The minimum Gasteiger partial charge on any atom is -0.374 e. The van der Waals surface area contributed by atoms with Crippen molar-refractivity contribution >= 4 is 40.0 Å². The topological polar surface area (TPSA) is 77.2 Å². The highest BCUT2D eigenvalue weighted by molar-refractivity contribution is 6.30. The summed E-state index contributed by atoms with van der Waals surface area (Å²) in [6.07, 6.45) is 7.42. The lowest BCUT2D eigenvalue weighted by Gasteiger charge is -2.40. The van der Waals surface area contributed by atoms with Gasteiger partial charge in [0.05, 0.1) is 11.4 Å². The minimum absolute atomic E-state index is 0.173. The van der Waals surface area contributed by atoms with Crippen LogP contribution in [-0.2, 0) is 4.79 Å². The summed E-state index contributed by atoms with van der Waals surface area (Å²) in [4.78, 5) is 30.1. The quantitative estimate of drug-likeness (QED) is 0.582. The lowest BCUT2D eigenvalue weighted by molar-refractivity contribution is -0.133. The SMILES string of the molecule is CCCC(Nc1cccc(Cl)c1)C(=O)N1CCC2CCN(c3ncnc4[nH]ccc34)C2C1. The molecule has 5 rings (SSSR count). The number of anilines is 2. The summed E-state index contributed by atoms with van der Waals surface area (Å²) in [5.74, 6) is 1.74. The molecule has 3 unspecified atom stereocenters. The molecule has 3 atom stereocenters. The van der Waals surface area contributed by atoms with Crippen LogP contribution in [0.15, 0.2) is 42.9 Å². The highest BCUT2D eigenvalue weighted by atomic mass is 35.5. The van der Waals surface area contributed by atoms with Crippen molar-refractivity contribution in [2.45, 2.75) is 44.7 Å². The van der Waals surface area contributed by atoms with E-state index in [9.17, 15) is 4.79 Å². The van der Waals surface area contributed by atoms with E-state index < -0.39 is 0 Å². The molecule has 1 aromatic carbocycles. The van der Waals surface area contributed by atoms with Crippen LogP contribution in [-0.4, -0.2) is 57.5 Å². The van der Waals surface area contributed by atoms with Crippen LogP contribution >= 0.6 is 11.6 Å². The molecule has 0 radical (unpaired) electrons. The number of rotatable bonds is 6. The van der Waals surface area contributed by atoms with Gasteiger partial charge in [0, 0.05) is 36.5 Å². The van der Waals surface area contributed by atoms with Gasteiger partial charge in [0.1, 0.15) is 23.8 Å². The first-order chi connectivity index (χ1) is 15.6. The van der Waals surface area contributed by atoms with Crippen molar-refractivity contribution < 1.29 is 4.79 Å². The highest BCUT2D eigenvalue weighted by Gasteiger charge is 2.41. The maximum Gasteiger partial charge on any atom is 0.245 e. The fraction of sp³-hybridized carbons (Fsp3) is 0.458. The number of carbonyl (C=O) groups is 1. The Balaban J connectivity index is 1.34. The minimum atomic E-state index is -0.250. The van der Waals surface area contributed by atoms with Gasteiger partial charge in [0.15, 0.2) is 0 Å². The van der Waals surface area contributed by atoms with Crippen molar-refractivity contribution in [1.82, 2.24) is 19.9 Å². The Bertz CT molecular complexity index is 1100. The van der Waals surface area contributed by atoms with E-state index in [1.807, 2.05) is 41.4 Å². The smallest absolute Gasteiger partial charge is 0.245 e.